The number of nitrogens with zero attached hydrogens (tertiary/aromatic N) is 1. The zero-order valence-electron chi connectivity index (χ0n) is 10.1. The molecule has 0 radical (unpaired) electrons. The highest BCUT2D eigenvalue weighted by atomic mass is 79.9. The van der Waals surface area contributed by atoms with E-state index < -0.39 is 0 Å². The summed E-state index contributed by atoms with van der Waals surface area (Å²) in [6.45, 7) is 2.07. The van der Waals surface area contributed by atoms with Crippen LogP contribution in [0.2, 0.25) is 0 Å². The molecule has 3 rings (SSSR count). The first-order valence-corrected chi connectivity index (χ1v) is 8.11. The molecule has 2 nitrogen and oxygen atoms in total. The lowest BCUT2D eigenvalue weighted by molar-refractivity contribution is 1.39. The first kappa shape index (κ1) is 13.1. The Labute approximate surface area is 132 Å². The molecule has 1 heterocycles. The van der Waals surface area contributed by atoms with Crippen molar-refractivity contribution in [2.24, 2.45) is 0 Å². The van der Waals surface area contributed by atoms with Gasteiger partial charge in [-0.3, -0.25) is 0 Å². The lowest BCUT2D eigenvalue weighted by atomic mass is 10.2. The maximum Gasteiger partial charge on any atom is 0.188 e. The fourth-order valence-corrected chi connectivity index (χ4v) is 3.48. The molecule has 5 heteroatoms. The van der Waals surface area contributed by atoms with E-state index in [4.69, 9.17) is 0 Å². The van der Waals surface area contributed by atoms with Gasteiger partial charge < -0.3 is 5.32 Å². The monoisotopic (exact) mass is 396 g/mol. The van der Waals surface area contributed by atoms with Gasteiger partial charge in [0.05, 0.1) is 10.2 Å². The van der Waals surface area contributed by atoms with Crippen LogP contribution < -0.4 is 5.32 Å². The molecule has 0 spiro atoms. The van der Waals surface area contributed by atoms with Gasteiger partial charge >= 0.3 is 0 Å². The second-order valence-corrected chi connectivity index (χ2v) is 7.02. The van der Waals surface area contributed by atoms with E-state index in [0.29, 0.717) is 0 Å². The Balaban J connectivity index is 1.94. The quantitative estimate of drug-likeness (QED) is 0.584. The van der Waals surface area contributed by atoms with Crippen molar-refractivity contribution in [1.29, 1.82) is 0 Å². The Morgan fingerprint density at radius 2 is 1.95 bits per heavy atom. The number of fused-ring (bicyclic) bond motifs is 1. The summed E-state index contributed by atoms with van der Waals surface area (Å²) in [6, 6.07) is 12.3. The third kappa shape index (κ3) is 2.83. The van der Waals surface area contributed by atoms with E-state index in [1.54, 1.807) is 11.3 Å². The van der Waals surface area contributed by atoms with Gasteiger partial charge in [-0.1, -0.05) is 43.2 Å². The van der Waals surface area contributed by atoms with Gasteiger partial charge in [-0.05, 0) is 48.9 Å². The second kappa shape index (κ2) is 5.23. The van der Waals surface area contributed by atoms with E-state index in [-0.39, 0.29) is 0 Å². The van der Waals surface area contributed by atoms with Crippen LogP contribution in [-0.4, -0.2) is 4.98 Å². The van der Waals surface area contributed by atoms with Gasteiger partial charge in [0.2, 0.25) is 0 Å². The minimum absolute atomic E-state index is 0.912. The van der Waals surface area contributed by atoms with Crippen molar-refractivity contribution in [2.45, 2.75) is 6.92 Å². The van der Waals surface area contributed by atoms with E-state index in [0.717, 1.165) is 25.3 Å². The number of benzene rings is 2. The van der Waals surface area contributed by atoms with E-state index in [1.165, 1.54) is 10.3 Å². The first-order valence-electron chi connectivity index (χ1n) is 5.71. The highest BCUT2D eigenvalue weighted by Gasteiger charge is 2.05. The number of halogens is 2. The average Bonchev–Trinajstić information content (AvgIpc) is 2.75. The number of hydrogen-bond donors (Lipinski definition) is 1. The van der Waals surface area contributed by atoms with Crippen LogP contribution in [0, 0.1) is 6.92 Å². The Morgan fingerprint density at radius 1 is 1.11 bits per heavy atom. The van der Waals surface area contributed by atoms with Crippen LogP contribution in [0.1, 0.15) is 5.56 Å². The zero-order chi connectivity index (χ0) is 13.4. The summed E-state index contributed by atoms with van der Waals surface area (Å²) >= 11 is 8.64. The van der Waals surface area contributed by atoms with E-state index in [1.807, 2.05) is 24.3 Å². The molecule has 0 unspecified atom stereocenters. The maximum atomic E-state index is 4.58. The van der Waals surface area contributed by atoms with Crippen molar-refractivity contribution in [2.75, 3.05) is 5.32 Å². The van der Waals surface area contributed by atoms with Gasteiger partial charge in [0.15, 0.2) is 5.13 Å². The molecule has 3 aromatic rings. The molecule has 0 aliphatic carbocycles. The Hall–Kier alpha value is -0.910. The van der Waals surface area contributed by atoms with Crippen LogP contribution in [0.15, 0.2) is 45.3 Å². The smallest absolute Gasteiger partial charge is 0.188 e. The summed E-state index contributed by atoms with van der Waals surface area (Å²) in [5.41, 5.74) is 3.28. The Bertz CT molecular complexity index is 752. The molecule has 0 atom stereocenters. The van der Waals surface area contributed by atoms with Crippen molar-refractivity contribution in [1.82, 2.24) is 4.98 Å². The molecule has 0 saturated heterocycles. The molecule has 1 aromatic heterocycles. The largest absolute Gasteiger partial charge is 0.332 e. The summed E-state index contributed by atoms with van der Waals surface area (Å²) in [6.07, 6.45) is 0. The summed E-state index contributed by atoms with van der Waals surface area (Å²) in [4.78, 5) is 4.58. The van der Waals surface area contributed by atoms with Crippen LogP contribution in [0.25, 0.3) is 10.2 Å². The zero-order valence-corrected chi connectivity index (χ0v) is 14.1. The molecule has 96 valence electrons. The molecule has 0 aliphatic heterocycles. The van der Waals surface area contributed by atoms with E-state index in [2.05, 4.69) is 61.2 Å². The molecular weight excluding hydrogens is 388 g/mol. The van der Waals surface area contributed by atoms with Gasteiger partial charge in [0, 0.05) is 14.6 Å². The molecular formula is C14H10Br2N2S. The second-order valence-electron chi connectivity index (χ2n) is 4.22. The van der Waals surface area contributed by atoms with Gasteiger partial charge in [-0.25, -0.2) is 4.98 Å². The maximum absolute atomic E-state index is 4.58. The Morgan fingerprint density at radius 3 is 2.74 bits per heavy atom. The van der Waals surface area contributed by atoms with Gasteiger partial charge in [0.1, 0.15) is 0 Å². The van der Waals surface area contributed by atoms with Crippen molar-refractivity contribution >= 4 is 64.2 Å². The van der Waals surface area contributed by atoms with E-state index >= 15 is 0 Å². The molecule has 19 heavy (non-hydrogen) atoms. The van der Waals surface area contributed by atoms with Crippen molar-refractivity contribution in [3.8, 4) is 0 Å². The summed E-state index contributed by atoms with van der Waals surface area (Å²) in [5, 5.41) is 4.26. The number of aryl methyl sites for hydroxylation is 1. The third-order valence-corrected chi connectivity index (χ3v) is 5.08. The SMILES string of the molecule is Cc1cc(Nc2nc3ccc(Br)cc3s2)ccc1Br. The van der Waals surface area contributed by atoms with Gasteiger partial charge in [0.25, 0.3) is 0 Å². The van der Waals surface area contributed by atoms with Crippen LogP contribution in [-0.2, 0) is 0 Å². The van der Waals surface area contributed by atoms with Gasteiger partial charge in [-0.15, -0.1) is 0 Å². The predicted molar refractivity (Wildman–Crippen MR) is 89.5 cm³/mol. The van der Waals surface area contributed by atoms with E-state index in [9.17, 15) is 0 Å². The highest BCUT2D eigenvalue weighted by molar-refractivity contribution is 9.10. The van der Waals surface area contributed by atoms with Gasteiger partial charge in [-0.2, -0.15) is 0 Å². The van der Waals surface area contributed by atoms with Crippen molar-refractivity contribution in [3.63, 3.8) is 0 Å². The molecule has 0 bridgehead atoms. The third-order valence-electron chi connectivity index (χ3n) is 2.76. The van der Waals surface area contributed by atoms with Crippen LogP contribution >= 0.6 is 43.2 Å². The van der Waals surface area contributed by atoms with Crippen LogP contribution in [0.4, 0.5) is 10.8 Å². The van der Waals surface area contributed by atoms with Crippen LogP contribution in [0.5, 0.6) is 0 Å². The van der Waals surface area contributed by atoms with Crippen molar-refractivity contribution < 1.29 is 0 Å². The lowest BCUT2D eigenvalue weighted by Gasteiger charge is -2.04. The Kier molecular flexibility index (Phi) is 3.60. The standard InChI is InChI=1S/C14H10Br2N2S/c1-8-6-10(3-4-11(8)16)17-14-18-12-5-2-9(15)7-13(12)19-14/h2-7H,1H3,(H,17,18). The fourth-order valence-electron chi connectivity index (χ4n) is 1.80. The number of nitrogens with one attached hydrogen (secondary N) is 1. The molecule has 2 aromatic carbocycles. The summed E-state index contributed by atoms with van der Waals surface area (Å²) in [7, 11) is 0. The molecule has 0 aliphatic rings. The summed E-state index contributed by atoms with van der Waals surface area (Å²) in [5.74, 6) is 0. The minimum Gasteiger partial charge on any atom is -0.332 e. The molecule has 0 fully saturated rings. The molecule has 0 saturated carbocycles. The van der Waals surface area contributed by atoms with Crippen molar-refractivity contribution in [3.05, 3.63) is 50.9 Å². The number of aromatic nitrogens is 1. The topological polar surface area (TPSA) is 24.9 Å². The van der Waals surface area contributed by atoms with Crippen LogP contribution in [0.3, 0.4) is 0 Å². The number of rotatable bonds is 2. The fraction of sp³-hybridized carbons (Fsp3) is 0.0714. The minimum atomic E-state index is 0.912. The molecule has 1 N–H and O–H groups in total. The normalized spacial score (nSPS) is 10.9. The molecule has 0 amide bonds. The number of thiazole rings is 1. The highest BCUT2D eigenvalue weighted by Crippen LogP contribution is 2.31. The summed E-state index contributed by atoms with van der Waals surface area (Å²) < 4.78 is 3.37. The number of hydrogen-bond acceptors (Lipinski definition) is 3. The number of anilines is 2. The first-order chi connectivity index (χ1) is 9.11. The lowest BCUT2D eigenvalue weighted by Crippen LogP contribution is -1.89. The average molecular weight is 398 g/mol. The predicted octanol–water partition coefficient (Wildman–Crippen LogP) is 5.87.